The van der Waals surface area contributed by atoms with Crippen molar-refractivity contribution in [1.29, 1.82) is 0 Å². The topological polar surface area (TPSA) is 36.7 Å². The first-order valence-electron chi connectivity index (χ1n) is 9.05. The first kappa shape index (κ1) is 16.5. The lowest BCUT2D eigenvalue weighted by atomic mass is 9.83. The largest absolute Gasteiger partial charge is 0.304 e. The quantitative estimate of drug-likeness (QED) is 0.787. The molecule has 1 aliphatic carbocycles. The average molecular weight is 392 g/mol. The van der Waals surface area contributed by atoms with Gasteiger partial charge in [-0.3, -0.25) is 4.90 Å². The predicted octanol–water partition coefficient (Wildman–Crippen LogP) is 3.07. The zero-order chi connectivity index (χ0) is 16.7. The van der Waals surface area contributed by atoms with Gasteiger partial charge < -0.3 is 4.90 Å². The third-order valence-corrected chi connectivity index (χ3v) is 6.49. The molecule has 1 aliphatic heterocycles. The fourth-order valence-corrected chi connectivity index (χ4v) is 5.07. The SMILES string of the molecule is Cc1ncnn2c(C3CCC(N4CCN(C)CC4)CC3)cc(Br)c12. The first-order chi connectivity index (χ1) is 11.6. The number of likely N-dealkylation sites (N-methyl/N-ethyl adjacent to an activating group) is 1. The summed E-state index contributed by atoms with van der Waals surface area (Å²) in [5.41, 5.74) is 3.50. The Morgan fingerprint density at radius 2 is 1.79 bits per heavy atom. The number of piperazine rings is 1. The molecule has 3 heterocycles. The van der Waals surface area contributed by atoms with E-state index >= 15 is 0 Å². The molecule has 4 rings (SSSR count). The van der Waals surface area contributed by atoms with Crippen molar-refractivity contribution in [2.45, 2.75) is 44.6 Å². The summed E-state index contributed by atoms with van der Waals surface area (Å²) < 4.78 is 3.23. The van der Waals surface area contributed by atoms with Gasteiger partial charge in [-0.15, -0.1) is 0 Å². The van der Waals surface area contributed by atoms with E-state index in [0.29, 0.717) is 5.92 Å². The Labute approximate surface area is 152 Å². The van der Waals surface area contributed by atoms with Gasteiger partial charge in [-0.05, 0) is 61.7 Å². The van der Waals surface area contributed by atoms with E-state index < -0.39 is 0 Å². The molecule has 2 aromatic rings. The van der Waals surface area contributed by atoms with Crippen LogP contribution < -0.4 is 0 Å². The van der Waals surface area contributed by atoms with Crippen LogP contribution in [-0.4, -0.2) is 63.7 Å². The van der Waals surface area contributed by atoms with Crippen molar-refractivity contribution in [3.05, 3.63) is 28.3 Å². The highest BCUT2D eigenvalue weighted by Gasteiger charge is 2.30. The molecule has 2 aliphatic rings. The molecule has 6 heteroatoms. The van der Waals surface area contributed by atoms with Crippen LogP contribution >= 0.6 is 15.9 Å². The van der Waals surface area contributed by atoms with Crippen LogP contribution in [0.2, 0.25) is 0 Å². The molecule has 0 spiro atoms. The minimum Gasteiger partial charge on any atom is -0.304 e. The summed E-state index contributed by atoms with van der Waals surface area (Å²) in [6.45, 7) is 6.95. The lowest BCUT2D eigenvalue weighted by Gasteiger charge is -2.41. The van der Waals surface area contributed by atoms with Gasteiger partial charge in [0, 0.05) is 48.3 Å². The van der Waals surface area contributed by atoms with Gasteiger partial charge in [0.15, 0.2) is 0 Å². The molecule has 1 saturated carbocycles. The molecular weight excluding hydrogens is 366 g/mol. The van der Waals surface area contributed by atoms with Gasteiger partial charge in [0.1, 0.15) is 11.8 Å². The van der Waals surface area contributed by atoms with Crippen LogP contribution in [0.1, 0.15) is 43.0 Å². The van der Waals surface area contributed by atoms with Crippen molar-refractivity contribution in [3.8, 4) is 0 Å². The first-order valence-corrected chi connectivity index (χ1v) is 9.84. The lowest BCUT2D eigenvalue weighted by Crippen LogP contribution is -2.49. The number of nitrogens with zero attached hydrogens (tertiary/aromatic N) is 5. The van der Waals surface area contributed by atoms with Gasteiger partial charge in [0.25, 0.3) is 0 Å². The molecule has 0 radical (unpaired) electrons. The second-order valence-electron chi connectivity index (χ2n) is 7.37. The highest BCUT2D eigenvalue weighted by molar-refractivity contribution is 9.10. The van der Waals surface area contributed by atoms with Gasteiger partial charge in [-0.25, -0.2) is 9.50 Å². The summed E-state index contributed by atoms with van der Waals surface area (Å²) in [5, 5.41) is 4.51. The third-order valence-electron chi connectivity index (χ3n) is 5.89. The number of halogens is 1. The summed E-state index contributed by atoms with van der Waals surface area (Å²) in [5.74, 6) is 0.613. The minimum atomic E-state index is 0.613. The van der Waals surface area contributed by atoms with E-state index in [1.54, 1.807) is 6.33 Å². The van der Waals surface area contributed by atoms with E-state index in [1.165, 1.54) is 57.6 Å². The molecule has 2 fully saturated rings. The van der Waals surface area contributed by atoms with Crippen molar-refractivity contribution in [1.82, 2.24) is 24.4 Å². The van der Waals surface area contributed by atoms with Crippen LogP contribution in [0.5, 0.6) is 0 Å². The van der Waals surface area contributed by atoms with Gasteiger partial charge in [-0.2, -0.15) is 5.10 Å². The van der Waals surface area contributed by atoms with Gasteiger partial charge in [0.2, 0.25) is 0 Å². The molecule has 0 atom stereocenters. The van der Waals surface area contributed by atoms with E-state index in [9.17, 15) is 0 Å². The number of fused-ring (bicyclic) bond motifs is 1. The number of aromatic nitrogens is 3. The monoisotopic (exact) mass is 391 g/mol. The van der Waals surface area contributed by atoms with Crippen molar-refractivity contribution in [3.63, 3.8) is 0 Å². The van der Waals surface area contributed by atoms with E-state index in [4.69, 9.17) is 0 Å². The Hall–Kier alpha value is -0.980. The van der Waals surface area contributed by atoms with E-state index in [2.05, 4.69) is 60.4 Å². The molecule has 0 N–H and O–H groups in total. The van der Waals surface area contributed by atoms with Crippen LogP contribution in [0.15, 0.2) is 16.9 Å². The fourth-order valence-electron chi connectivity index (χ4n) is 4.38. The van der Waals surface area contributed by atoms with Crippen molar-refractivity contribution < 1.29 is 0 Å². The highest BCUT2D eigenvalue weighted by Crippen LogP contribution is 2.37. The van der Waals surface area contributed by atoms with Crippen LogP contribution in [-0.2, 0) is 0 Å². The maximum absolute atomic E-state index is 4.51. The van der Waals surface area contributed by atoms with E-state index in [-0.39, 0.29) is 0 Å². The van der Waals surface area contributed by atoms with Gasteiger partial charge >= 0.3 is 0 Å². The van der Waals surface area contributed by atoms with E-state index in [1.807, 2.05) is 0 Å². The Morgan fingerprint density at radius 3 is 2.50 bits per heavy atom. The van der Waals surface area contributed by atoms with Crippen LogP contribution in [0.25, 0.3) is 5.52 Å². The number of hydrogen-bond acceptors (Lipinski definition) is 4. The molecular formula is C18H26BrN5. The summed E-state index contributed by atoms with van der Waals surface area (Å²) in [7, 11) is 2.23. The highest BCUT2D eigenvalue weighted by atomic mass is 79.9. The number of rotatable bonds is 2. The fraction of sp³-hybridized carbons (Fsp3) is 0.667. The Kier molecular flexibility index (Phi) is 4.62. The van der Waals surface area contributed by atoms with Crippen molar-refractivity contribution >= 4 is 21.4 Å². The van der Waals surface area contributed by atoms with Gasteiger partial charge in [-0.1, -0.05) is 0 Å². The summed E-state index contributed by atoms with van der Waals surface area (Å²) in [6, 6.07) is 3.04. The Balaban J connectivity index is 1.47. The maximum atomic E-state index is 4.51. The zero-order valence-corrected chi connectivity index (χ0v) is 16.2. The smallest absolute Gasteiger partial charge is 0.136 e. The van der Waals surface area contributed by atoms with Crippen LogP contribution in [0, 0.1) is 6.92 Å². The standard InChI is InChI=1S/C18H26BrN5/c1-13-18-16(19)11-17(24(18)21-12-20-13)14-3-5-15(6-4-14)23-9-7-22(2)8-10-23/h11-12,14-15H,3-10H2,1-2H3. The maximum Gasteiger partial charge on any atom is 0.136 e. The molecule has 24 heavy (non-hydrogen) atoms. The molecule has 0 bridgehead atoms. The molecule has 5 nitrogen and oxygen atoms in total. The molecule has 0 unspecified atom stereocenters. The number of hydrogen-bond donors (Lipinski definition) is 0. The Morgan fingerprint density at radius 1 is 1.08 bits per heavy atom. The predicted molar refractivity (Wildman–Crippen MR) is 99.5 cm³/mol. The van der Waals surface area contributed by atoms with Crippen LogP contribution in [0.4, 0.5) is 0 Å². The van der Waals surface area contributed by atoms with Crippen molar-refractivity contribution in [2.24, 2.45) is 0 Å². The summed E-state index contributed by atoms with van der Waals surface area (Å²) in [6.07, 6.45) is 6.82. The third kappa shape index (κ3) is 3.00. The number of aryl methyl sites for hydroxylation is 1. The minimum absolute atomic E-state index is 0.613. The van der Waals surface area contributed by atoms with Gasteiger partial charge in [0.05, 0.1) is 5.69 Å². The van der Waals surface area contributed by atoms with Crippen LogP contribution in [0.3, 0.4) is 0 Å². The average Bonchev–Trinajstić information content (AvgIpc) is 2.94. The second kappa shape index (κ2) is 6.73. The lowest BCUT2D eigenvalue weighted by molar-refractivity contribution is 0.0874. The zero-order valence-electron chi connectivity index (χ0n) is 14.6. The normalized spacial score (nSPS) is 27.0. The van der Waals surface area contributed by atoms with Crippen molar-refractivity contribution in [2.75, 3.05) is 33.2 Å². The molecule has 1 saturated heterocycles. The second-order valence-corrected chi connectivity index (χ2v) is 8.22. The molecule has 0 aromatic carbocycles. The molecule has 0 amide bonds. The Bertz CT molecular complexity index is 712. The van der Waals surface area contributed by atoms with E-state index in [0.717, 1.165) is 21.7 Å². The summed E-state index contributed by atoms with van der Waals surface area (Å²) in [4.78, 5) is 9.49. The molecule has 130 valence electrons. The summed E-state index contributed by atoms with van der Waals surface area (Å²) >= 11 is 3.70. The molecule has 2 aromatic heterocycles.